The molecule has 2 fully saturated rings. The molecule has 0 aromatic carbocycles. The molecule has 0 bridgehead atoms. The van der Waals surface area contributed by atoms with Crippen LogP contribution in [0.2, 0.25) is 0 Å². The molecule has 0 aliphatic carbocycles. The molecule has 2 rings (SSSR count). The maximum Gasteiger partial charge on any atom is 0.308 e. The fraction of sp³-hybridized carbons (Fsp3) is 0.909. The van der Waals surface area contributed by atoms with Crippen molar-refractivity contribution in [1.82, 2.24) is 4.90 Å². The molecule has 4 atom stereocenters. The van der Waals surface area contributed by atoms with E-state index < -0.39 is 5.97 Å². The van der Waals surface area contributed by atoms with Crippen molar-refractivity contribution < 1.29 is 9.90 Å². The Morgan fingerprint density at radius 2 is 2.13 bits per heavy atom. The maximum atomic E-state index is 11.0. The van der Waals surface area contributed by atoms with Crippen LogP contribution in [0.15, 0.2) is 0 Å². The lowest BCUT2D eigenvalue weighted by atomic mass is 9.99. The van der Waals surface area contributed by atoms with Crippen molar-refractivity contribution in [2.24, 2.45) is 11.8 Å². The van der Waals surface area contributed by atoms with E-state index >= 15 is 0 Å². The van der Waals surface area contributed by atoms with E-state index in [1.807, 2.05) is 11.8 Å². The van der Waals surface area contributed by atoms with E-state index in [1.165, 1.54) is 12.2 Å². The summed E-state index contributed by atoms with van der Waals surface area (Å²) in [6.45, 7) is 6.05. The van der Waals surface area contributed by atoms with Crippen molar-refractivity contribution in [1.29, 1.82) is 0 Å². The SMILES string of the molecule is CC1SCCC1N1C[C@@H](C)[C@H](C(=O)O)C1. The van der Waals surface area contributed by atoms with Gasteiger partial charge in [0, 0.05) is 24.4 Å². The second kappa shape index (κ2) is 4.34. The number of rotatable bonds is 2. The highest BCUT2D eigenvalue weighted by Crippen LogP contribution is 2.34. The van der Waals surface area contributed by atoms with E-state index in [-0.39, 0.29) is 5.92 Å². The summed E-state index contributed by atoms with van der Waals surface area (Å²) in [6, 6.07) is 0.613. The minimum absolute atomic E-state index is 0.150. The summed E-state index contributed by atoms with van der Waals surface area (Å²) >= 11 is 2.01. The van der Waals surface area contributed by atoms with Crippen LogP contribution in [0.1, 0.15) is 20.3 Å². The van der Waals surface area contributed by atoms with Gasteiger partial charge in [0.15, 0.2) is 0 Å². The van der Waals surface area contributed by atoms with Crippen LogP contribution in [0.25, 0.3) is 0 Å². The van der Waals surface area contributed by atoms with E-state index in [4.69, 9.17) is 5.11 Å². The second-order valence-electron chi connectivity index (χ2n) is 4.81. The van der Waals surface area contributed by atoms with Gasteiger partial charge >= 0.3 is 5.97 Å². The largest absolute Gasteiger partial charge is 0.481 e. The summed E-state index contributed by atoms with van der Waals surface area (Å²) in [6.07, 6.45) is 1.23. The minimum atomic E-state index is -0.622. The lowest BCUT2D eigenvalue weighted by Gasteiger charge is -2.26. The quantitative estimate of drug-likeness (QED) is 0.779. The molecule has 2 aliphatic rings. The Kier molecular flexibility index (Phi) is 3.26. The van der Waals surface area contributed by atoms with Gasteiger partial charge in [-0.15, -0.1) is 0 Å². The number of carboxylic acids is 1. The number of nitrogens with zero attached hydrogens (tertiary/aromatic N) is 1. The average molecular weight is 229 g/mol. The first-order chi connectivity index (χ1) is 7.09. The average Bonchev–Trinajstić information content (AvgIpc) is 2.71. The number of hydrogen-bond donors (Lipinski definition) is 1. The number of hydrogen-bond acceptors (Lipinski definition) is 3. The van der Waals surface area contributed by atoms with Crippen LogP contribution in [0.5, 0.6) is 0 Å². The van der Waals surface area contributed by atoms with Crippen LogP contribution in [0, 0.1) is 11.8 Å². The number of aliphatic carboxylic acids is 1. The van der Waals surface area contributed by atoms with Gasteiger partial charge in [0.25, 0.3) is 0 Å². The third-order valence-corrected chi connectivity index (χ3v) is 5.07. The third kappa shape index (κ3) is 2.16. The fourth-order valence-corrected chi connectivity index (χ4v) is 4.08. The van der Waals surface area contributed by atoms with Crippen molar-refractivity contribution in [3.63, 3.8) is 0 Å². The van der Waals surface area contributed by atoms with Gasteiger partial charge in [-0.25, -0.2) is 0 Å². The zero-order valence-corrected chi connectivity index (χ0v) is 10.2. The molecular formula is C11H19NO2S. The summed E-state index contributed by atoms with van der Waals surface area (Å²) in [7, 11) is 0. The predicted molar refractivity (Wildman–Crippen MR) is 62.2 cm³/mol. The van der Waals surface area contributed by atoms with Crippen molar-refractivity contribution in [3.05, 3.63) is 0 Å². The first kappa shape index (κ1) is 11.3. The summed E-state index contributed by atoms with van der Waals surface area (Å²) in [5, 5.41) is 9.75. The predicted octanol–water partition coefficient (Wildman–Crippen LogP) is 1.53. The van der Waals surface area contributed by atoms with Crippen LogP contribution >= 0.6 is 11.8 Å². The molecule has 0 spiro atoms. The molecule has 1 N–H and O–H groups in total. The zero-order valence-electron chi connectivity index (χ0n) is 9.35. The van der Waals surface area contributed by atoms with Crippen LogP contribution in [-0.4, -0.2) is 46.1 Å². The van der Waals surface area contributed by atoms with Gasteiger partial charge in [0.2, 0.25) is 0 Å². The lowest BCUT2D eigenvalue weighted by Crippen LogP contribution is -2.37. The Morgan fingerprint density at radius 3 is 2.60 bits per heavy atom. The molecule has 0 aromatic heterocycles. The topological polar surface area (TPSA) is 40.5 Å². The second-order valence-corrected chi connectivity index (χ2v) is 6.29. The number of likely N-dealkylation sites (tertiary alicyclic amines) is 1. The molecule has 0 saturated carbocycles. The molecule has 0 aromatic rings. The standard InChI is InChI=1S/C11H19NO2S/c1-7-5-12(6-9(7)11(13)14)10-3-4-15-8(10)2/h7-10H,3-6H2,1-2H3,(H,13,14)/t7-,8?,9-,10?/m1/s1. The highest BCUT2D eigenvalue weighted by Gasteiger charge is 2.40. The molecule has 0 amide bonds. The lowest BCUT2D eigenvalue weighted by molar-refractivity contribution is -0.142. The van der Waals surface area contributed by atoms with E-state index in [1.54, 1.807) is 0 Å². The number of carboxylic acid groups (broad SMARTS) is 1. The maximum absolute atomic E-state index is 11.0. The number of thioether (sulfide) groups is 1. The molecule has 0 radical (unpaired) electrons. The zero-order chi connectivity index (χ0) is 11.0. The normalized spacial score (nSPS) is 42.3. The molecular weight excluding hydrogens is 210 g/mol. The van der Waals surface area contributed by atoms with Crippen molar-refractivity contribution in [3.8, 4) is 0 Å². The molecule has 4 heteroatoms. The molecule has 2 aliphatic heterocycles. The smallest absolute Gasteiger partial charge is 0.308 e. The Hall–Kier alpha value is -0.220. The van der Waals surface area contributed by atoms with Gasteiger partial charge in [-0.2, -0.15) is 11.8 Å². The molecule has 2 unspecified atom stereocenters. The first-order valence-electron chi connectivity index (χ1n) is 5.68. The summed E-state index contributed by atoms with van der Waals surface area (Å²) < 4.78 is 0. The van der Waals surface area contributed by atoms with Gasteiger partial charge in [-0.3, -0.25) is 9.69 Å². The van der Waals surface area contributed by atoms with Gasteiger partial charge < -0.3 is 5.11 Å². The van der Waals surface area contributed by atoms with E-state index in [0.29, 0.717) is 17.2 Å². The molecule has 2 saturated heterocycles. The fourth-order valence-electron chi connectivity index (χ4n) is 2.80. The summed E-state index contributed by atoms with van der Waals surface area (Å²) in [4.78, 5) is 13.4. The molecule has 2 heterocycles. The van der Waals surface area contributed by atoms with E-state index in [9.17, 15) is 4.79 Å². The monoisotopic (exact) mass is 229 g/mol. The molecule has 86 valence electrons. The Labute approximate surface area is 95.2 Å². The minimum Gasteiger partial charge on any atom is -0.481 e. The van der Waals surface area contributed by atoms with E-state index in [2.05, 4.69) is 18.7 Å². The van der Waals surface area contributed by atoms with Gasteiger partial charge in [-0.1, -0.05) is 13.8 Å². The highest BCUT2D eigenvalue weighted by atomic mass is 32.2. The molecule has 3 nitrogen and oxygen atoms in total. The van der Waals surface area contributed by atoms with Crippen molar-refractivity contribution in [2.75, 3.05) is 18.8 Å². The van der Waals surface area contributed by atoms with Crippen LogP contribution < -0.4 is 0 Å². The Morgan fingerprint density at radius 1 is 1.40 bits per heavy atom. The van der Waals surface area contributed by atoms with Crippen molar-refractivity contribution >= 4 is 17.7 Å². The molecule has 15 heavy (non-hydrogen) atoms. The van der Waals surface area contributed by atoms with Crippen molar-refractivity contribution in [2.45, 2.75) is 31.6 Å². The third-order valence-electron chi connectivity index (χ3n) is 3.76. The van der Waals surface area contributed by atoms with Crippen LogP contribution in [0.4, 0.5) is 0 Å². The number of carbonyl (C=O) groups is 1. The Bertz CT molecular complexity index is 259. The van der Waals surface area contributed by atoms with Gasteiger partial charge in [-0.05, 0) is 18.1 Å². The van der Waals surface area contributed by atoms with Crippen LogP contribution in [0.3, 0.4) is 0 Å². The highest BCUT2D eigenvalue weighted by molar-refractivity contribution is 8.00. The van der Waals surface area contributed by atoms with E-state index in [0.717, 1.165) is 13.1 Å². The Balaban J connectivity index is 1.99. The van der Waals surface area contributed by atoms with Crippen LogP contribution in [-0.2, 0) is 4.79 Å². The van der Waals surface area contributed by atoms with Gasteiger partial charge in [0.1, 0.15) is 0 Å². The van der Waals surface area contributed by atoms with Gasteiger partial charge in [0.05, 0.1) is 5.92 Å². The first-order valence-corrected chi connectivity index (χ1v) is 6.73. The summed E-state index contributed by atoms with van der Waals surface area (Å²) in [5.41, 5.74) is 0. The summed E-state index contributed by atoms with van der Waals surface area (Å²) in [5.74, 6) is 0.764.